The second-order valence-corrected chi connectivity index (χ2v) is 3.56. The van der Waals surface area contributed by atoms with Crippen molar-refractivity contribution in [2.45, 2.75) is 26.8 Å². The molecule has 0 unspecified atom stereocenters. The molecular weight excluding hydrogens is 174 g/mol. The zero-order valence-corrected chi connectivity index (χ0v) is 9.08. The van der Waals surface area contributed by atoms with E-state index in [-0.39, 0.29) is 0 Å². The maximum Gasteiger partial charge on any atom is 0.0632 e. The van der Waals surface area contributed by atoms with Crippen LogP contribution in [0.5, 0.6) is 0 Å². The van der Waals surface area contributed by atoms with E-state index >= 15 is 0 Å². The Morgan fingerprint density at radius 3 is 3.00 bits per heavy atom. The second kappa shape index (κ2) is 5.60. The third kappa shape index (κ3) is 3.34. The normalized spacial score (nSPS) is 10.4. The summed E-state index contributed by atoms with van der Waals surface area (Å²) < 4.78 is 1.97. The fourth-order valence-corrected chi connectivity index (χ4v) is 1.27. The Labute approximate surface area is 85.8 Å². The standard InChI is InChI=1S/C11H19N3/c1-4-6-12-8-10(2)9-14-11(3)5-7-13-14/h5,7,12H,2,4,6,8-9H2,1,3H3. The lowest BCUT2D eigenvalue weighted by Crippen LogP contribution is -2.20. The van der Waals surface area contributed by atoms with Crippen LogP contribution in [-0.2, 0) is 6.54 Å². The highest BCUT2D eigenvalue weighted by molar-refractivity contribution is 5.03. The molecule has 1 heterocycles. The molecule has 0 aliphatic carbocycles. The van der Waals surface area contributed by atoms with Gasteiger partial charge < -0.3 is 5.32 Å². The van der Waals surface area contributed by atoms with Crippen LogP contribution in [0.25, 0.3) is 0 Å². The predicted molar refractivity (Wildman–Crippen MR) is 59.3 cm³/mol. The van der Waals surface area contributed by atoms with Crippen molar-refractivity contribution in [1.29, 1.82) is 0 Å². The summed E-state index contributed by atoms with van der Waals surface area (Å²) in [5.74, 6) is 0. The van der Waals surface area contributed by atoms with E-state index in [0.29, 0.717) is 0 Å². The number of aryl methyl sites for hydroxylation is 1. The number of nitrogens with one attached hydrogen (secondary N) is 1. The van der Waals surface area contributed by atoms with Crippen molar-refractivity contribution in [3.8, 4) is 0 Å². The van der Waals surface area contributed by atoms with Crippen LogP contribution in [0, 0.1) is 6.92 Å². The van der Waals surface area contributed by atoms with Gasteiger partial charge in [0.2, 0.25) is 0 Å². The first-order chi connectivity index (χ1) is 6.74. The van der Waals surface area contributed by atoms with Crippen molar-refractivity contribution < 1.29 is 0 Å². The van der Waals surface area contributed by atoms with E-state index in [4.69, 9.17) is 0 Å². The van der Waals surface area contributed by atoms with Crippen molar-refractivity contribution >= 4 is 0 Å². The minimum Gasteiger partial charge on any atom is -0.313 e. The van der Waals surface area contributed by atoms with Crippen molar-refractivity contribution in [2.24, 2.45) is 0 Å². The predicted octanol–water partition coefficient (Wildman–Crippen LogP) is 1.75. The maximum absolute atomic E-state index is 4.21. The number of nitrogens with zero attached hydrogens (tertiary/aromatic N) is 2. The quantitative estimate of drug-likeness (QED) is 0.551. The topological polar surface area (TPSA) is 29.9 Å². The molecule has 0 aromatic carbocycles. The average Bonchev–Trinajstić information content (AvgIpc) is 2.52. The third-order valence-electron chi connectivity index (χ3n) is 2.10. The molecule has 0 aliphatic rings. The minimum absolute atomic E-state index is 0.815. The number of rotatable bonds is 6. The highest BCUT2D eigenvalue weighted by atomic mass is 15.3. The van der Waals surface area contributed by atoms with E-state index in [1.807, 2.05) is 16.9 Å². The summed E-state index contributed by atoms with van der Waals surface area (Å²) in [7, 11) is 0. The van der Waals surface area contributed by atoms with E-state index in [2.05, 4.69) is 30.8 Å². The van der Waals surface area contributed by atoms with Crippen LogP contribution in [0.15, 0.2) is 24.4 Å². The largest absolute Gasteiger partial charge is 0.313 e. The summed E-state index contributed by atoms with van der Waals surface area (Å²) in [6.07, 6.45) is 2.98. The number of hydrogen-bond acceptors (Lipinski definition) is 2. The zero-order valence-electron chi connectivity index (χ0n) is 9.08. The molecule has 0 aliphatic heterocycles. The van der Waals surface area contributed by atoms with Crippen LogP contribution in [0.2, 0.25) is 0 Å². The Kier molecular flexibility index (Phi) is 4.40. The molecule has 1 N–H and O–H groups in total. The van der Waals surface area contributed by atoms with Crippen LogP contribution in [0.3, 0.4) is 0 Å². The van der Waals surface area contributed by atoms with E-state index < -0.39 is 0 Å². The van der Waals surface area contributed by atoms with E-state index in [1.54, 1.807) is 0 Å². The van der Waals surface area contributed by atoms with Crippen LogP contribution in [0.4, 0.5) is 0 Å². The summed E-state index contributed by atoms with van der Waals surface area (Å²) >= 11 is 0. The lowest BCUT2D eigenvalue weighted by atomic mass is 10.3. The summed E-state index contributed by atoms with van der Waals surface area (Å²) in [4.78, 5) is 0. The molecule has 0 radical (unpaired) electrons. The molecule has 3 nitrogen and oxygen atoms in total. The maximum atomic E-state index is 4.21. The molecular formula is C11H19N3. The fourth-order valence-electron chi connectivity index (χ4n) is 1.27. The Bertz CT molecular complexity index is 288. The first-order valence-electron chi connectivity index (χ1n) is 5.09. The Balaban J connectivity index is 2.31. The number of hydrogen-bond donors (Lipinski definition) is 1. The fraction of sp³-hybridized carbons (Fsp3) is 0.545. The molecule has 1 rings (SSSR count). The van der Waals surface area contributed by atoms with Crippen LogP contribution < -0.4 is 5.32 Å². The summed E-state index contributed by atoms with van der Waals surface area (Å²) in [6, 6.07) is 2.01. The molecule has 14 heavy (non-hydrogen) atoms. The second-order valence-electron chi connectivity index (χ2n) is 3.56. The van der Waals surface area contributed by atoms with Crippen molar-refractivity contribution in [2.75, 3.05) is 13.1 Å². The molecule has 3 heteroatoms. The Hall–Kier alpha value is -1.09. The summed E-state index contributed by atoms with van der Waals surface area (Å²) in [5, 5.41) is 7.54. The van der Waals surface area contributed by atoms with Gasteiger partial charge in [0.1, 0.15) is 0 Å². The molecule has 0 atom stereocenters. The molecule has 0 bridgehead atoms. The van der Waals surface area contributed by atoms with Gasteiger partial charge in [0, 0.05) is 18.4 Å². The lowest BCUT2D eigenvalue weighted by Gasteiger charge is -2.08. The van der Waals surface area contributed by atoms with Gasteiger partial charge in [0.05, 0.1) is 6.54 Å². The SMILES string of the molecule is C=C(CNCCC)Cn1nccc1C. The molecule has 0 spiro atoms. The van der Waals surface area contributed by atoms with Gasteiger partial charge >= 0.3 is 0 Å². The van der Waals surface area contributed by atoms with Crippen molar-refractivity contribution in [1.82, 2.24) is 15.1 Å². The molecule has 0 fully saturated rings. The molecule has 0 saturated carbocycles. The molecule has 1 aromatic heterocycles. The van der Waals surface area contributed by atoms with Gasteiger partial charge in [-0.15, -0.1) is 0 Å². The lowest BCUT2D eigenvalue weighted by molar-refractivity contribution is 0.621. The first kappa shape index (κ1) is 11.0. The highest BCUT2D eigenvalue weighted by Crippen LogP contribution is 2.00. The van der Waals surface area contributed by atoms with Gasteiger partial charge in [-0.2, -0.15) is 5.10 Å². The zero-order chi connectivity index (χ0) is 10.4. The van der Waals surface area contributed by atoms with Gasteiger partial charge in [-0.1, -0.05) is 13.5 Å². The Morgan fingerprint density at radius 2 is 2.43 bits per heavy atom. The summed E-state index contributed by atoms with van der Waals surface area (Å²) in [5.41, 5.74) is 2.35. The highest BCUT2D eigenvalue weighted by Gasteiger charge is 1.99. The van der Waals surface area contributed by atoms with E-state index in [0.717, 1.165) is 26.1 Å². The summed E-state index contributed by atoms with van der Waals surface area (Å²) in [6.45, 7) is 11.0. The van der Waals surface area contributed by atoms with Gasteiger partial charge in [0.25, 0.3) is 0 Å². The molecule has 0 saturated heterocycles. The average molecular weight is 193 g/mol. The number of aromatic nitrogens is 2. The van der Waals surface area contributed by atoms with Gasteiger partial charge in [-0.25, -0.2) is 0 Å². The smallest absolute Gasteiger partial charge is 0.0632 e. The first-order valence-corrected chi connectivity index (χ1v) is 5.09. The van der Waals surface area contributed by atoms with Gasteiger partial charge in [-0.3, -0.25) is 4.68 Å². The van der Waals surface area contributed by atoms with Crippen molar-refractivity contribution in [3.05, 3.63) is 30.1 Å². The minimum atomic E-state index is 0.815. The van der Waals surface area contributed by atoms with Gasteiger partial charge in [-0.05, 0) is 31.5 Å². The Morgan fingerprint density at radius 1 is 1.64 bits per heavy atom. The van der Waals surface area contributed by atoms with E-state index in [1.165, 1.54) is 11.3 Å². The van der Waals surface area contributed by atoms with Crippen molar-refractivity contribution in [3.63, 3.8) is 0 Å². The van der Waals surface area contributed by atoms with E-state index in [9.17, 15) is 0 Å². The van der Waals surface area contributed by atoms with Gasteiger partial charge in [0.15, 0.2) is 0 Å². The molecule has 0 amide bonds. The monoisotopic (exact) mass is 193 g/mol. The van der Waals surface area contributed by atoms with Crippen LogP contribution in [0.1, 0.15) is 19.0 Å². The third-order valence-corrected chi connectivity index (χ3v) is 2.10. The molecule has 78 valence electrons. The van der Waals surface area contributed by atoms with Crippen LogP contribution in [-0.4, -0.2) is 22.9 Å². The van der Waals surface area contributed by atoms with Crippen LogP contribution >= 0.6 is 0 Å². The molecule has 1 aromatic rings.